The monoisotopic (exact) mass is 263 g/mol. The molecule has 1 aromatic rings. The lowest BCUT2D eigenvalue weighted by Crippen LogP contribution is -2.44. The van der Waals surface area contributed by atoms with Crippen LogP contribution in [-0.2, 0) is 4.74 Å². The lowest BCUT2D eigenvalue weighted by Gasteiger charge is -2.39. The highest BCUT2D eigenvalue weighted by Gasteiger charge is 2.33. The number of hydrogen-bond acceptors (Lipinski definition) is 3. The molecule has 3 heteroatoms. The van der Waals surface area contributed by atoms with Crippen LogP contribution in [0.5, 0.6) is 0 Å². The molecule has 0 bridgehead atoms. The lowest BCUT2D eigenvalue weighted by molar-refractivity contribution is -0.0331. The van der Waals surface area contributed by atoms with E-state index in [1.165, 1.54) is 16.8 Å². The van der Waals surface area contributed by atoms with E-state index in [1.54, 1.807) is 0 Å². The summed E-state index contributed by atoms with van der Waals surface area (Å²) >= 11 is 0. The number of hydrogen-bond donors (Lipinski definition) is 1. The summed E-state index contributed by atoms with van der Waals surface area (Å²) in [4.78, 5) is 2.24. The van der Waals surface area contributed by atoms with Gasteiger partial charge in [-0.25, -0.2) is 0 Å². The molecule has 1 aliphatic rings. The van der Waals surface area contributed by atoms with Crippen LogP contribution in [0.4, 0.5) is 5.69 Å². The lowest BCUT2D eigenvalue weighted by atomic mass is 9.82. The first kappa shape index (κ1) is 14.4. The number of aliphatic hydroxyl groups is 1. The van der Waals surface area contributed by atoms with Crippen LogP contribution < -0.4 is 4.90 Å². The van der Waals surface area contributed by atoms with Gasteiger partial charge in [-0.15, -0.1) is 0 Å². The zero-order chi connectivity index (χ0) is 13.9. The second kappa shape index (κ2) is 5.93. The van der Waals surface area contributed by atoms with Gasteiger partial charge in [-0.05, 0) is 49.9 Å². The predicted molar refractivity (Wildman–Crippen MR) is 78.8 cm³/mol. The van der Waals surface area contributed by atoms with E-state index in [0.717, 1.165) is 26.0 Å². The minimum absolute atomic E-state index is 0.106. The number of aliphatic hydroxyl groups excluding tert-OH is 1. The number of aryl methyl sites for hydroxylation is 2. The number of anilines is 1. The Balaban J connectivity index is 2.12. The zero-order valence-electron chi connectivity index (χ0n) is 12.3. The molecule has 1 unspecified atom stereocenters. The van der Waals surface area contributed by atoms with Gasteiger partial charge in [0.25, 0.3) is 0 Å². The predicted octanol–water partition coefficient (Wildman–Crippen LogP) is 2.53. The van der Waals surface area contributed by atoms with Gasteiger partial charge in [0, 0.05) is 31.3 Å². The number of rotatable bonds is 4. The van der Waals surface area contributed by atoms with Gasteiger partial charge < -0.3 is 14.7 Å². The molecule has 1 saturated heterocycles. The Labute approximate surface area is 116 Å². The molecule has 0 aromatic heterocycles. The number of ether oxygens (including phenoxy) is 1. The maximum atomic E-state index is 9.74. The molecule has 106 valence electrons. The highest BCUT2D eigenvalue weighted by molar-refractivity contribution is 5.50. The summed E-state index contributed by atoms with van der Waals surface area (Å²) in [6.07, 6.45) is 2.08. The Bertz CT molecular complexity index is 405. The van der Waals surface area contributed by atoms with Crippen LogP contribution in [0, 0.1) is 19.3 Å². The molecule has 0 saturated carbocycles. The third kappa shape index (κ3) is 3.48. The fraction of sp³-hybridized carbons (Fsp3) is 0.625. The Morgan fingerprint density at radius 3 is 2.47 bits per heavy atom. The number of benzene rings is 1. The fourth-order valence-electron chi connectivity index (χ4n) is 2.97. The van der Waals surface area contributed by atoms with Crippen LogP contribution in [0.2, 0.25) is 0 Å². The second-order valence-electron chi connectivity index (χ2n) is 6.02. The van der Waals surface area contributed by atoms with Gasteiger partial charge in [0.15, 0.2) is 0 Å². The van der Waals surface area contributed by atoms with Crippen molar-refractivity contribution in [1.29, 1.82) is 0 Å². The highest BCUT2D eigenvalue weighted by Crippen LogP contribution is 2.30. The van der Waals surface area contributed by atoms with Crippen LogP contribution in [-0.4, -0.2) is 38.5 Å². The number of nitrogens with zero attached hydrogens (tertiary/aromatic N) is 1. The van der Waals surface area contributed by atoms with Crippen molar-refractivity contribution in [2.45, 2.75) is 26.7 Å². The van der Waals surface area contributed by atoms with Crippen molar-refractivity contribution >= 4 is 5.69 Å². The largest absolute Gasteiger partial charge is 0.396 e. The quantitative estimate of drug-likeness (QED) is 0.906. The Kier molecular flexibility index (Phi) is 4.48. The van der Waals surface area contributed by atoms with E-state index >= 15 is 0 Å². The van der Waals surface area contributed by atoms with Gasteiger partial charge in [-0.3, -0.25) is 0 Å². The second-order valence-corrected chi connectivity index (χ2v) is 6.02. The standard InChI is InChI=1S/C16H25NO2/c1-13-7-14(2)9-15(8-13)17(3)10-16(11-18)5-4-6-19-12-16/h7-9,18H,4-6,10-12H2,1-3H3. The van der Waals surface area contributed by atoms with E-state index in [9.17, 15) is 5.11 Å². The molecule has 0 radical (unpaired) electrons. The Hall–Kier alpha value is -1.06. The third-order valence-corrected chi connectivity index (χ3v) is 3.96. The van der Waals surface area contributed by atoms with Crippen LogP contribution in [0.15, 0.2) is 18.2 Å². The molecule has 1 N–H and O–H groups in total. The third-order valence-electron chi connectivity index (χ3n) is 3.96. The summed E-state index contributed by atoms with van der Waals surface area (Å²) in [6, 6.07) is 6.58. The van der Waals surface area contributed by atoms with Crippen molar-refractivity contribution in [1.82, 2.24) is 0 Å². The van der Waals surface area contributed by atoms with E-state index in [0.29, 0.717) is 6.61 Å². The van der Waals surface area contributed by atoms with Crippen molar-refractivity contribution in [2.75, 3.05) is 38.3 Å². The summed E-state index contributed by atoms with van der Waals surface area (Å²) < 4.78 is 5.57. The maximum Gasteiger partial charge on any atom is 0.0561 e. The van der Waals surface area contributed by atoms with Crippen LogP contribution >= 0.6 is 0 Å². The van der Waals surface area contributed by atoms with Gasteiger partial charge in [0.05, 0.1) is 13.2 Å². The maximum absolute atomic E-state index is 9.74. The Morgan fingerprint density at radius 2 is 1.95 bits per heavy atom. The van der Waals surface area contributed by atoms with E-state index < -0.39 is 0 Å². The summed E-state index contributed by atoms with van der Waals surface area (Å²) in [5.74, 6) is 0. The molecule has 0 amide bonds. The first-order valence-corrected chi connectivity index (χ1v) is 7.03. The van der Waals surface area contributed by atoms with E-state index in [1.807, 2.05) is 0 Å². The fourth-order valence-corrected chi connectivity index (χ4v) is 2.97. The molecular weight excluding hydrogens is 238 g/mol. The minimum Gasteiger partial charge on any atom is -0.396 e. The molecule has 1 aromatic carbocycles. The van der Waals surface area contributed by atoms with E-state index in [2.05, 4.69) is 44.0 Å². The molecule has 1 atom stereocenters. The minimum atomic E-state index is -0.106. The van der Waals surface area contributed by atoms with Crippen LogP contribution in [0.1, 0.15) is 24.0 Å². The van der Waals surface area contributed by atoms with Crippen molar-refractivity contribution in [2.24, 2.45) is 5.41 Å². The molecular formula is C16H25NO2. The molecule has 1 fully saturated rings. The van der Waals surface area contributed by atoms with Gasteiger partial charge >= 0.3 is 0 Å². The van der Waals surface area contributed by atoms with E-state index in [-0.39, 0.29) is 12.0 Å². The van der Waals surface area contributed by atoms with Crippen molar-refractivity contribution < 1.29 is 9.84 Å². The van der Waals surface area contributed by atoms with Gasteiger partial charge in [-0.2, -0.15) is 0 Å². The zero-order valence-corrected chi connectivity index (χ0v) is 12.3. The van der Waals surface area contributed by atoms with E-state index in [4.69, 9.17) is 4.74 Å². The van der Waals surface area contributed by atoms with Gasteiger partial charge in [-0.1, -0.05) is 6.07 Å². The summed E-state index contributed by atoms with van der Waals surface area (Å²) in [7, 11) is 2.10. The molecule has 0 aliphatic carbocycles. The van der Waals surface area contributed by atoms with Crippen LogP contribution in [0.3, 0.4) is 0 Å². The topological polar surface area (TPSA) is 32.7 Å². The normalized spacial score (nSPS) is 23.4. The first-order valence-electron chi connectivity index (χ1n) is 7.03. The summed E-state index contributed by atoms with van der Waals surface area (Å²) in [5.41, 5.74) is 3.67. The first-order chi connectivity index (χ1) is 9.04. The van der Waals surface area contributed by atoms with Gasteiger partial charge in [0.1, 0.15) is 0 Å². The van der Waals surface area contributed by atoms with Crippen molar-refractivity contribution in [3.8, 4) is 0 Å². The summed E-state index contributed by atoms with van der Waals surface area (Å²) in [6.45, 7) is 6.77. The average Bonchev–Trinajstić information content (AvgIpc) is 2.38. The smallest absolute Gasteiger partial charge is 0.0561 e. The molecule has 3 nitrogen and oxygen atoms in total. The highest BCUT2D eigenvalue weighted by atomic mass is 16.5. The molecule has 1 heterocycles. The van der Waals surface area contributed by atoms with Crippen LogP contribution in [0.25, 0.3) is 0 Å². The summed E-state index contributed by atoms with van der Waals surface area (Å²) in [5, 5.41) is 9.74. The Morgan fingerprint density at radius 1 is 1.26 bits per heavy atom. The van der Waals surface area contributed by atoms with Crippen molar-refractivity contribution in [3.63, 3.8) is 0 Å². The van der Waals surface area contributed by atoms with Gasteiger partial charge in [0.2, 0.25) is 0 Å². The molecule has 19 heavy (non-hydrogen) atoms. The SMILES string of the molecule is Cc1cc(C)cc(N(C)CC2(CO)CCCOC2)c1. The molecule has 0 spiro atoms. The molecule has 1 aliphatic heterocycles. The molecule has 2 rings (SSSR count). The average molecular weight is 263 g/mol. The van der Waals surface area contributed by atoms with Crippen molar-refractivity contribution in [3.05, 3.63) is 29.3 Å².